The van der Waals surface area contributed by atoms with Crippen LogP contribution in [0.25, 0.3) is 0 Å². The first kappa shape index (κ1) is 14.8. The Bertz CT molecular complexity index is 256. The summed E-state index contributed by atoms with van der Waals surface area (Å²) in [4.78, 5) is 21.9. The summed E-state index contributed by atoms with van der Waals surface area (Å²) in [6.07, 6.45) is 0. The van der Waals surface area contributed by atoms with Crippen LogP contribution in [0.5, 0.6) is 0 Å². The van der Waals surface area contributed by atoms with Crippen LogP contribution < -0.4 is 11.1 Å². The van der Waals surface area contributed by atoms with Crippen molar-refractivity contribution in [2.45, 2.75) is 12.8 Å². The maximum atomic E-state index is 10.6. The molecule has 0 saturated carbocycles. The standard InChI is InChI=1S/C8H17N3O5/c1-2-11(8(9,16)7(14)15)4-3-10-5-6(12)13/h10,16H,2-5,9H2,1H3,(H,12,13)(H,14,15)/t8-/m1/s1. The Balaban J connectivity index is 4.11. The number of carboxylic acids is 2. The lowest BCUT2D eigenvalue weighted by molar-refractivity contribution is -0.181. The largest absolute Gasteiger partial charge is 0.480 e. The molecule has 8 nitrogen and oxygen atoms in total. The highest BCUT2D eigenvalue weighted by Gasteiger charge is 2.36. The lowest BCUT2D eigenvalue weighted by Crippen LogP contribution is -2.62. The van der Waals surface area contributed by atoms with Gasteiger partial charge in [-0.15, -0.1) is 0 Å². The molecule has 94 valence electrons. The number of carboxylic acid groups (broad SMARTS) is 2. The molecule has 0 rings (SSSR count). The fraction of sp³-hybridized carbons (Fsp3) is 0.750. The van der Waals surface area contributed by atoms with Crippen molar-refractivity contribution in [1.82, 2.24) is 10.2 Å². The van der Waals surface area contributed by atoms with E-state index in [2.05, 4.69) is 5.32 Å². The molecule has 0 aromatic heterocycles. The molecule has 0 aliphatic rings. The number of nitrogens with zero attached hydrogens (tertiary/aromatic N) is 1. The second-order valence-corrected chi connectivity index (χ2v) is 3.18. The third-order valence-electron chi connectivity index (χ3n) is 2.01. The minimum Gasteiger partial charge on any atom is -0.480 e. The monoisotopic (exact) mass is 235 g/mol. The van der Waals surface area contributed by atoms with Crippen LogP contribution >= 0.6 is 0 Å². The summed E-state index contributed by atoms with van der Waals surface area (Å²) in [5, 5.41) is 29.0. The minimum atomic E-state index is -2.43. The molecule has 0 aliphatic heterocycles. The summed E-state index contributed by atoms with van der Waals surface area (Å²) < 4.78 is 0. The molecule has 0 fully saturated rings. The van der Waals surface area contributed by atoms with E-state index in [0.29, 0.717) is 0 Å². The van der Waals surface area contributed by atoms with Gasteiger partial charge >= 0.3 is 11.9 Å². The zero-order chi connectivity index (χ0) is 12.8. The summed E-state index contributed by atoms with van der Waals surface area (Å²) in [5.74, 6) is -4.99. The topological polar surface area (TPSA) is 136 Å². The molecule has 0 amide bonds. The average molecular weight is 235 g/mol. The minimum absolute atomic E-state index is 0.128. The van der Waals surface area contributed by atoms with E-state index < -0.39 is 17.8 Å². The molecule has 8 heteroatoms. The average Bonchev–Trinajstić information content (AvgIpc) is 2.16. The van der Waals surface area contributed by atoms with Crippen molar-refractivity contribution >= 4 is 11.9 Å². The molecule has 0 spiro atoms. The van der Waals surface area contributed by atoms with Gasteiger partial charge in [-0.1, -0.05) is 6.92 Å². The van der Waals surface area contributed by atoms with Crippen LogP contribution in [0.2, 0.25) is 0 Å². The third kappa shape index (κ3) is 4.53. The molecule has 0 aromatic carbocycles. The highest BCUT2D eigenvalue weighted by molar-refractivity contribution is 5.75. The van der Waals surface area contributed by atoms with Crippen LogP contribution in [0, 0.1) is 0 Å². The van der Waals surface area contributed by atoms with Gasteiger partial charge in [0.2, 0.25) is 0 Å². The van der Waals surface area contributed by atoms with Crippen LogP contribution in [-0.2, 0) is 9.59 Å². The molecule has 0 bridgehead atoms. The fourth-order valence-electron chi connectivity index (χ4n) is 1.11. The summed E-state index contributed by atoms with van der Waals surface area (Å²) in [6, 6.07) is 0. The van der Waals surface area contributed by atoms with E-state index in [0.717, 1.165) is 4.90 Å². The van der Waals surface area contributed by atoms with E-state index in [1.807, 2.05) is 0 Å². The lowest BCUT2D eigenvalue weighted by Gasteiger charge is -2.31. The first-order chi connectivity index (χ1) is 7.32. The number of likely N-dealkylation sites (N-methyl/N-ethyl adjacent to an activating group) is 1. The van der Waals surface area contributed by atoms with Gasteiger partial charge in [0.25, 0.3) is 5.85 Å². The van der Waals surface area contributed by atoms with Crippen LogP contribution in [0.1, 0.15) is 6.92 Å². The number of hydrogen-bond acceptors (Lipinski definition) is 6. The van der Waals surface area contributed by atoms with Crippen molar-refractivity contribution in [2.24, 2.45) is 5.73 Å². The molecule has 0 heterocycles. The van der Waals surface area contributed by atoms with Gasteiger partial charge in [0.15, 0.2) is 0 Å². The molecule has 0 aliphatic carbocycles. The normalized spacial score (nSPS) is 14.8. The summed E-state index contributed by atoms with van der Waals surface area (Å²) in [6.45, 7) is 1.98. The maximum Gasteiger partial charge on any atom is 0.367 e. The van der Waals surface area contributed by atoms with Crippen molar-refractivity contribution in [3.05, 3.63) is 0 Å². The molecular weight excluding hydrogens is 218 g/mol. The number of aliphatic hydroxyl groups is 1. The van der Waals surface area contributed by atoms with Crippen molar-refractivity contribution in [1.29, 1.82) is 0 Å². The quantitative estimate of drug-likeness (QED) is 0.233. The number of nitrogens with two attached hydrogens (primary N) is 1. The van der Waals surface area contributed by atoms with Crippen LogP contribution in [-0.4, -0.2) is 64.2 Å². The van der Waals surface area contributed by atoms with Crippen LogP contribution in [0.3, 0.4) is 0 Å². The molecule has 6 N–H and O–H groups in total. The second-order valence-electron chi connectivity index (χ2n) is 3.18. The highest BCUT2D eigenvalue weighted by atomic mass is 16.4. The number of nitrogens with one attached hydrogen (secondary N) is 1. The Labute approximate surface area is 92.6 Å². The molecule has 16 heavy (non-hydrogen) atoms. The van der Waals surface area contributed by atoms with Crippen LogP contribution in [0.4, 0.5) is 0 Å². The third-order valence-corrected chi connectivity index (χ3v) is 2.01. The van der Waals surface area contributed by atoms with E-state index in [1.54, 1.807) is 6.92 Å². The molecule has 1 atom stereocenters. The second kappa shape index (κ2) is 6.38. The molecule has 0 saturated heterocycles. The predicted molar refractivity (Wildman–Crippen MR) is 54.5 cm³/mol. The highest BCUT2D eigenvalue weighted by Crippen LogP contribution is 2.03. The predicted octanol–water partition coefficient (Wildman–Crippen LogP) is -2.33. The van der Waals surface area contributed by atoms with Gasteiger partial charge in [0.05, 0.1) is 6.54 Å². The number of aliphatic carboxylic acids is 2. The van der Waals surface area contributed by atoms with Gasteiger partial charge in [-0.3, -0.25) is 15.4 Å². The smallest absolute Gasteiger partial charge is 0.367 e. The van der Waals surface area contributed by atoms with Crippen molar-refractivity contribution in [2.75, 3.05) is 26.2 Å². The Morgan fingerprint density at radius 2 is 2.00 bits per heavy atom. The number of carbonyl (C=O) groups is 2. The zero-order valence-electron chi connectivity index (χ0n) is 9.01. The number of rotatable bonds is 8. The summed E-state index contributed by atoms with van der Waals surface area (Å²) >= 11 is 0. The first-order valence-corrected chi connectivity index (χ1v) is 4.74. The molecule has 0 aromatic rings. The first-order valence-electron chi connectivity index (χ1n) is 4.74. The van der Waals surface area contributed by atoms with Gasteiger partial charge in [-0.2, -0.15) is 0 Å². The Kier molecular flexibility index (Phi) is 5.89. The van der Waals surface area contributed by atoms with Crippen LogP contribution in [0.15, 0.2) is 0 Å². The lowest BCUT2D eigenvalue weighted by atomic mass is 10.3. The Morgan fingerprint density at radius 1 is 1.44 bits per heavy atom. The van der Waals surface area contributed by atoms with Gasteiger partial charge in [0, 0.05) is 13.1 Å². The van der Waals surface area contributed by atoms with Crippen molar-refractivity contribution in [3.8, 4) is 0 Å². The summed E-state index contributed by atoms with van der Waals surface area (Å²) in [5.41, 5.74) is 5.19. The fourth-order valence-corrected chi connectivity index (χ4v) is 1.11. The SMILES string of the molecule is CCN(CCNCC(=O)O)[C@@](N)(O)C(=O)O. The summed E-state index contributed by atoms with van der Waals surface area (Å²) in [7, 11) is 0. The van der Waals surface area contributed by atoms with E-state index in [4.69, 9.17) is 15.9 Å². The van der Waals surface area contributed by atoms with E-state index in [-0.39, 0.29) is 26.2 Å². The van der Waals surface area contributed by atoms with Crippen molar-refractivity contribution in [3.63, 3.8) is 0 Å². The van der Waals surface area contributed by atoms with E-state index in [1.165, 1.54) is 0 Å². The number of hydrogen-bond donors (Lipinski definition) is 5. The molecular formula is C8H17N3O5. The van der Waals surface area contributed by atoms with Gasteiger partial charge in [-0.05, 0) is 6.54 Å². The molecule has 0 unspecified atom stereocenters. The van der Waals surface area contributed by atoms with E-state index >= 15 is 0 Å². The molecule has 0 radical (unpaired) electrons. The van der Waals surface area contributed by atoms with Gasteiger partial charge in [0.1, 0.15) is 0 Å². The maximum absolute atomic E-state index is 10.6. The Morgan fingerprint density at radius 3 is 2.38 bits per heavy atom. The van der Waals surface area contributed by atoms with Crippen molar-refractivity contribution < 1.29 is 24.9 Å². The van der Waals surface area contributed by atoms with Gasteiger partial charge in [-0.25, -0.2) is 4.79 Å². The Hall–Kier alpha value is -1.22. The van der Waals surface area contributed by atoms with E-state index in [9.17, 15) is 14.7 Å². The van der Waals surface area contributed by atoms with Gasteiger partial charge < -0.3 is 20.6 Å². The zero-order valence-corrected chi connectivity index (χ0v) is 9.01.